The summed E-state index contributed by atoms with van der Waals surface area (Å²) in [6.45, 7) is 1.42. The van der Waals surface area contributed by atoms with Crippen LogP contribution in [0.5, 0.6) is 0 Å². The molecular weight excluding hydrogens is 398 g/mol. The molecule has 0 saturated carbocycles. The quantitative estimate of drug-likeness (QED) is 0.627. The van der Waals surface area contributed by atoms with Crippen molar-refractivity contribution in [2.75, 3.05) is 13.2 Å². The lowest BCUT2D eigenvalue weighted by atomic mass is 9.73. The zero-order chi connectivity index (χ0) is 21.7. The van der Waals surface area contributed by atoms with Crippen LogP contribution in [0.3, 0.4) is 0 Å². The lowest BCUT2D eigenvalue weighted by molar-refractivity contribution is -0.136. The van der Waals surface area contributed by atoms with Gasteiger partial charge in [-0.2, -0.15) is 0 Å². The monoisotopic (exact) mass is 422 g/mol. The SMILES string of the molecule is O=C(NCc1cccnc1)C1(Cc2ccccc2-c2ccc(F)c(F)c2)CCOCC1. The van der Waals surface area contributed by atoms with E-state index in [1.807, 2.05) is 36.4 Å². The Bertz CT molecular complexity index is 1050. The molecule has 6 heteroatoms. The van der Waals surface area contributed by atoms with Gasteiger partial charge in [0.1, 0.15) is 0 Å². The average Bonchev–Trinajstić information content (AvgIpc) is 2.81. The first kappa shape index (κ1) is 21.1. The smallest absolute Gasteiger partial charge is 0.226 e. The Hall–Kier alpha value is -3.12. The molecule has 2 aromatic carbocycles. The summed E-state index contributed by atoms with van der Waals surface area (Å²) in [4.78, 5) is 17.4. The van der Waals surface area contributed by atoms with Crippen LogP contribution >= 0.6 is 0 Å². The number of aromatic nitrogens is 1. The van der Waals surface area contributed by atoms with Gasteiger partial charge in [0.2, 0.25) is 5.91 Å². The number of ether oxygens (including phenoxy) is 1. The van der Waals surface area contributed by atoms with Crippen molar-refractivity contribution in [3.8, 4) is 11.1 Å². The number of hydrogen-bond acceptors (Lipinski definition) is 3. The van der Waals surface area contributed by atoms with Crippen LogP contribution in [0.15, 0.2) is 67.0 Å². The summed E-state index contributed by atoms with van der Waals surface area (Å²) < 4.78 is 32.8. The minimum Gasteiger partial charge on any atom is -0.381 e. The van der Waals surface area contributed by atoms with E-state index in [0.717, 1.165) is 22.8 Å². The van der Waals surface area contributed by atoms with Crippen molar-refractivity contribution in [1.29, 1.82) is 0 Å². The van der Waals surface area contributed by atoms with E-state index in [2.05, 4.69) is 10.3 Å². The molecule has 1 aliphatic heterocycles. The minimum absolute atomic E-state index is 0.0280. The van der Waals surface area contributed by atoms with Gasteiger partial charge in [-0.15, -0.1) is 0 Å². The second-order valence-corrected chi connectivity index (χ2v) is 7.90. The molecular formula is C25H24F2N2O2. The van der Waals surface area contributed by atoms with E-state index in [-0.39, 0.29) is 5.91 Å². The summed E-state index contributed by atoms with van der Waals surface area (Å²) >= 11 is 0. The zero-order valence-corrected chi connectivity index (χ0v) is 17.1. The number of carbonyl (C=O) groups excluding carboxylic acids is 1. The lowest BCUT2D eigenvalue weighted by Crippen LogP contribution is -2.46. The summed E-state index contributed by atoms with van der Waals surface area (Å²) in [6, 6.07) is 15.2. The molecule has 1 aliphatic rings. The van der Waals surface area contributed by atoms with Crippen LogP contribution in [0.25, 0.3) is 11.1 Å². The molecule has 0 bridgehead atoms. The van der Waals surface area contributed by atoms with Crippen LogP contribution in [-0.2, 0) is 22.5 Å². The van der Waals surface area contributed by atoms with Crippen molar-refractivity contribution in [2.45, 2.75) is 25.8 Å². The van der Waals surface area contributed by atoms with E-state index in [4.69, 9.17) is 4.74 Å². The summed E-state index contributed by atoms with van der Waals surface area (Å²) in [5.74, 6) is -1.79. The summed E-state index contributed by atoms with van der Waals surface area (Å²) in [5.41, 5.74) is 2.61. The first-order valence-electron chi connectivity index (χ1n) is 10.4. The standard InChI is InChI=1S/C25H24F2N2O2/c26-22-8-7-19(14-23(22)27)21-6-2-1-5-20(21)15-25(9-12-31-13-10-25)24(30)29-17-18-4-3-11-28-16-18/h1-8,11,14,16H,9-10,12-13,15,17H2,(H,29,30). The highest BCUT2D eigenvalue weighted by molar-refractivity contribution is 5.83. The second-order valence-electron chi connectivity index (χ2n) is 7.90. The highest BCUT2D eigenvalue weighted by Gasteiger charge is 2.40. The summed E-state index contributed by atoms with van der Waals surface area (Å²) in [6.07, 6.45) is 5.11. The molecule has 160 valence electrons. The van der Waals surface area contributed by atoms with E-state index in [9.17, 15) is 13.6 Å². The number of pyridine rings is 1. The molecule has 31 heavy (non-hydrogen) atoms. The lowest BCUT2D eigenvalue weighted by Gasteiger charge is -2.36. The van der Waals surface area contributed by atoms with E-state index in [1.54, 1.807) is 18.5 Å². The first-order chi connectivity index (χ1) is 15.1. The molecule has 4 nitrogen and oxygen atoms in total. The van der Waals surface area contributed by atoms with Crippen molar-refractivity contribution in [3.63, 3.8) is 0 Å². The number of halogens is 2. The highest BCUT2D eigenvalue weighted by Crippen LogP contribution is 2.38. The maximum absolute atomic E-state index is 13.9. The topological polar surface area (TPSA) is 51.2 Å². The molecule has 4 rings (SSSR count). The Morgan fingerprint density at radius 3 is 2.58 bits per heavy atom. The Kier molecular flexibility index (Phi) is 6.37. The van der Waals surface area contributed by atoms with Crippen molar-refractivity contribution in [3.05, 3.63) is 89.8 Å². The van der Waals surface area contributed by atoms with Gasteiger partial charge in [0.05, 0.1) is 5.41 Å². The number of nitrogens with zero attached hydrogens (tertiary/aromatic N) is 1. The minimum atomic E-state index is -0.887. The normalized spacial score (nSPS) is 15.4. The average molecular weight is 422 g/mol. The summed E-state index contributed by atoms with van der Waals surface area (Å²) in [7, 11) is 0. The maximum Gasteiger partial charge on any atom is 0.226 e. The molecule has 0 unspecified atom stereocenters. The molecule has 0 spiro atoms. The number of carbonyl (C=O) groups is 1. The molecule has 2 heterocycles. The van der Waals surface area contributed by atoms with E-state index in [0.29, 0.717) is 44.6 Å². The number of benzene rings is 2. The molecule has 1 aromatic heterocycles. The van der Waals surface area contributed by atoms with Gasteiger partial charge in [0.15, 0.2) is 11.6 Å². The van der Waals surface area contributed by atoms with E-state index < -0.39 is 17.0 Å². The third-order valence-electron chi connectivity index (χ3n) is 5.88. The fourth-order valence-electron chi connectivity index (χ4n) is 4.10. The Morgan fingerprint density at radius 1 is 1.03 bits per heavy atom. The zero-order valence-electron chi connectivity index (χ0n) is 17.1. The van der Waals surface area contributed by atoms with Gasteiger partial charge in [-0.05, 0) is 59.7 Å². The Balaban J connectivity index is 1.61. The Labute approximate surface area is 180 Å². The van der Waals surface area contributed by atoms with Crippen molar-refractivity contribution in [1.82, 2.24) is 10.3 Å². The number of hydrogen-bond donors (Lipinski definition) is 1. The third-order valence-corrected chi connectivity index (χ3v) is 5.88. The molecule has 0 radical (unpaired) electrons. The summed E-state index contributed by atoms with van der Waals surface area (Å²) in [5, 5.41) is 3.06. The van der Waals surface area contributed by atoms with Crippen molar-refractivity contribution >= 4 is 5.91 Å². The number of nitrogens with one attached hydrogen (secondary N) is 1. The van der Waals surface area contributed by atoms with Gasteiger partial charge < -0.3 is 10.1 Å². The first-order valence-corrected chi connectivity index (χ1v) is 10.4. The van der Waals surface area contributed by atoms with Crippen LogP contribution in [0.4, 0.5) is 8.78 Å². The van der Waals surface area contributed by atoms with Crippen molar-refractivity contribution in [2.24, 2.45) is 5.41 Å². The van der Waals surface area contributed by atoms with Gasteiger partial charge in [-0.25, -0.2) is 8.78 Å². The third kappa shape index (κ3) is 4.80. The second kappa shape index (κ2) is 9.35. The van der Waals surface area contributed by atoms with Gasteiger partial charge in [0, 0.05) is 32.2 Å². The maximum atomic E-state index is 13.9. The molecule has 0 aliphatic carbocycles. The molecule has 3 aromatic rings. The molecule has 0 atom stereocenters. The molecule has 1 N–H and O–H groups in total. The number of rotatable bonds is 6. The van der Waals surface area contributed by atoms with Gasteiger partial charge >= 0.3 is 0 Å². The van der Waals surface area contributed by atoms with Crippen LogP contribution in [0.2, 0.25) is 0 Å². The number of amides is 1. The molecule has 1 saturated heterocycles. The van der Waals surface area contributed by atoms with Gasteiger partial charge in [-0.1, -0.05) is 36.4 Å². The van der Waals surface area contributed by atoms with Gasteiger partial charge in [-0.3, -0.25) is 9.78 Å². The highest BCUT2D eigenvalue weighted by atomic mass is 19.2. The van der Waals surface area contributed by atoms with E-state index >= 15 is 0 Å². The van der Waals surface area contributed by atoms with Crippen molar-refractivity contribution < 1.29 is 18.3 Å². The Morgan fingerprint density at radius 2 is 1.84 bits per heavy atom. The van der Waals surface area contributed by atoms with E-state index in [1.165, 1.54) is 6.07 Å². The predicted octanol–water partition coefficient (Wildman–Crippen LogP) is 4.68. The van der Waals surface area contributed by atoms with Crippen LogP contribution in [0, 0.1) is 17.0 Å². The van der Waals surface area contributed by atoms with Crippen LogP contribution in [0.1, 0.15) is 24.0 Å². The molecule has 1 fully saturated rings. The largest absolute Gasteiger partial charge is 0.381 e. The fourth-order valence-corrected chi connectivity index (χ4v) is 4.10. The van der Waals surface area contributed by atoms with Crippen LogP contribution < -0.4 is 5.32 Å². The van der Waals surface area contributed by atoms with Gasteiger partial charge in [0.25, 0.3) is 0 Å². The molecule has 1 amide bonds. The van der Waals surface area contributed by atoms with Crippen LogP contribution in [-0.4, -0.2) is 24.1 Å². The predicted molar refractivity (Wildman–Crippen MR) is 114 cm³/mol. The fraction of sp³-hybridized carbons (Fsp3) is 0.280.